The van der Waals surface area contributed by atoms with E-state index in [9.17, 15) is 9.59 Å². The maximum atomic E-state index is 11.4. The van der Waals surface area contributed by atoms with Gasteiger partial charge in [0, 0.05) is 12.7 Å². The van der Waals surface area contributed by atoms with E-state index in [0.29, 0.717) is 36.8 Å². The van der Waals surface area contributed by atoms with Crippen molar-refractivity contribution in [3.63, 3.8) is 0 Å². The molecule has 8 heteroatoms. The lowest BCUT2D eigenvalue weighted by atomic mass is 9.92. The third-order valence-corrected chi connectivity index (χ3v) is 2.85. The highest BCUT2D eigenvalue weighted by atomic mass is 16.5. The minimum Gasteiger partial charge on any atom is -0.468 e. The summed E-state index contributed by atoms with van der Waals surface area (Å²) in [4.78, 5) is 20.6. The van der Waals surface area contributed by atoms with E-state index in [1.807, 2.05) is 10.8 Å². The van der Waals surface area contributed by atoms with Gasteiger partial charge in [0.2, 0.25) is 0 Å². The molecule has 111 valence electrons. The number of ether oxygens (including phenoxy) is 1. The Bertz CT molecular complexity index is 435. The lowest BCUT2D eigenvalue weighted by molar-refractivity contribution is -0.128. The van der Waals surface area contributed by atoms with Crippen LogP contribution in [0.1, 0.15) is 36.8 Å². The van der Waals surface area contributed by atoms with Crippen molar-refractivity contribution in [3.05, 3.63) is 18.0 Å². The summed E-state index contributed by atoms with van der Waals surface area (Å²) in [6.07, 6.45) is 2.77. The summed E-state index contributed by atoms with van der Waals surface area (Å²) in [5, 5.41) is 11.7. The molecule has 2 rings (SSSR count). The quantitative estimate of drug-likeness (QED) is 0.532. The number of hydrogen-bond acceptors (Lipinski definition) is 4. The van der Waals surface area contributed by atoms with Crippen molar-refractivity contribution in [2.24, 2.45) is 0 Å². The molecule has 20 heavy (non-hydrogen) atoms. The highest BCUT2D eigenvalue weighted by Gasteiger charge is 2.24. The van der Waals surface area contributed by atoms with E-state index in [1.165, 1.54) is 0 Å². The minimum atomic E-state index is -0.0669. The number of fused-ring (bicyclic) bond motifs is 1. The number of hydrogen-bond donors (Lipinski definition) is 2. The minimum absolute atomic E-state index is 0. The summed E-state index contributed by atoms with van der Waals surface area (Å²) in [6.45, 7) is 5.41. The lowest BCUT2D eigenvalue weighted by Gasteiger charge is -2.25. The topological polar surface area (TPSA) is 112 Å². The third-order valence-electron chi connectivity index (χ3n) is 2.85. The first-order valence-electron chi connectivity index (χ1n) is 6.20. The predicted molar refractivity (Wildman–Crippen MR) is 75.0 cm³/mol. The fourth-order valence-corrected chi connectivity index (χ4v) is 1.86. The SMILES string of the molecule is CCC1CNC(=O)c2cc([B]O)cn21.CCOC=O.O. The van der Waals surface area contributed by atoms with Crippen LogP contribution in [0.5, 0.6) is 0 Å². The summed E-state index contributed by atoms with van der Waals surface area (Å²) in [5.41, 5.74) is 1.30. The Labute approximate surface area is 118 Å². The van der Waals surface area contributed by atoms with Crippen LogP contribution >= 0.6 is 0 Å². The van der Waals surface area contributed by atoms with Gasteiger partial charge in [-0.25, -0.2) is 0 Å². The number of aromatic nitrogens is 1. The van der Waals surface area contributed by atoms with Crippen molar-refractivity contribution in [2.75, 3.05) is 13.2 Å². The molecule has 1 unspecified atom stereocenters. The molecule has 1 aliphatic rings. The average Bonchev–Trinajstić information content (AvgIpc) is 2.86. The number of carbonyl (C=O) groups excluding carboxylic acids is 2. The molecular formula is C12H20BN2O5. The van der Waals surface area contributed by atoms with Crippen molar-refractivity contribution < 1.29 is 24.8 Å². The first kappa shape index (κ1) is 18.2. The molecule has 0 aromatic carbocycles. The first-order valence-corrected chi connectivity index (χ1v) is 6.20. The van der Waals surface area contributed by atoms with Gasteiger partial charge in [0.15, 0.2) is 0 Å². The third kappa shape index (κ3) is 4.39. The van der Waals surface area contributed by atoms with Crippen molar-refractivity contribution in [1.29, 1.82) is 0 Å². The second kappa shape index (κ2) is 9.16. The van der Waals surface area contributed by atoms with Crippen LogP contribution in [0.2, 0.25) is 0 Å². The van der Waals surface area contributed by atoms with Crippen LogP contribution in [-0.4, -0.2) is 48.1 Å². The Balaban J connectivity index is 0.000000526. The smallest absolute Gasteiger partial charge is 0.328 e. The molecular weight excluding hydrogens is 263 g/mol. The van der Waals surface area contributed by atoms with Gasteiger partial charge in [-0.05, 0) is 24.9 Å². The van der Waals surface area contributed by atoms with Gasteiger partial charge in [-0.15, -0.1) is 0 Å². The summed E-state index contributed by atoms with van der Waals surface area (Å²) < 4.78 is 6.08. The van der Waals surface area contributed by atoms with E-state index in [1.54, 1.807) is 13.0 Å². The number of rotatable bonds is 4. The molecule has 7 nitrogen and oxygen atoms in total. The van der Waals surface area contributed by atoms with Crippen LogP contribution in [-0.2, 0) is 9.53 Å². The van der Waals surface area contributed by atoms with Gasteiger partial charge in [-0.2, -0.15) is 0 Å². The highest BCUT2D eigenvalue weighted by Crippen LogP contribution is 2.17. The maximum absolute atomic E-state index is 11.4. The van der Waals surface area contributed by atoms with Gasteiger partial charge < -0.3 is 25.1 Å². The fraction of sp³-hybridized carbons (Fsp3) is 0.500. The molecule has 1 aromatic heterocycles. The summed E-state index contributed by atoms with van der Waals surface area (Å²) in [6, 6.07) is 1.99. The van der Waals surface area contributed by atoms with Gasteiger partial charge in [0.1, 0.15) is 5.69 Å². The molecule has 1 aromatic rings. The zero-order valence-corrected chi connectivity index (χ0v) is 11.6. The average molecular weight is 283 g/mol. The Morgan fingerprint density at radius 2 is 2.30 bits per heavy atom. The van der Waals surface area contributed by atoms with Gasteiger partial charge in [-0.3, -0.25) is 9.59 Å². The number of nitrogens with zero attached hydrogens (tertiary/aromatic N) is 1. The Morgan fingerprint density at radius 3 is 2.75 bits per heavy atom. The standard InChI is InChI=1S/C9H12BN2O2.C3H6O2.H2O/c1-2-7-4-11-9(13)8-3-6(10-14)5-12(7)8;1-2-5-3-4;/h3,5,7,14H,2,4H2,1H3,(H,11,13);3H,2H2,1H3;1H2. The molecule has 1 amide bonds. The molecule has 0 saturated heterocycles. The molecule has 1 aliphatic heterocycles. The van der Waals surface area contributed by atoms with Gasteiger partial charge in [0.05, 0.1) is 12.6 Å². The van der Waals surface area contributed by atoms with E-state index in [2.05, 4.69) is 17.0 Å². The predicted octanol–water partition coefficient (Wildman–Crippen LogP) is -1.23. The molecule has 0 bridgehead atoms. The van der Waals surface area contributed by atoms with Crippen molar-refractivity contribution >= 4 is 25.3 Å². The molecule has 0 spiro atoms. The van der Waals surface area contributed by atoms with Gasteiger partial charge >= 0.3 is 7.48 Å². The van der Waals surface area contributed by atoms with Crippen molar-refractivity contribution in [2.45, 2.75) is 26.3 Å². The lowest BCUT2D eigenvalue weighted by Crippen LogP contribution is -2.38. The van der Waals surface area contributed by atoms with Crippen LogP contribution in [0.15, 0.2) is 12.3 Å². The largest absolute Gasteiger partial charge is 0.468 e. The molecule has 4 N–H and O–H groups in total. The Morgan fingerprint density at radius 1 is 1.60 bits per heavy atom. The maximum Gasteiger partial charge on any atom is 0.328 e. The molecule has 0 aliphatic carbocycles. The van der Waals surface area contributed by atoms with Gasteiger partial charge in [-0.1, -0.05) is 6.92 Å². The molecule has 1 atom stereocenters. The monoisotopic (exact) mass is 283 g/mol. The molecule has 0 saturated carbocycles. The second-order valence-corrected chi connectivity index (χ2v) is 4.02. The number of carbonyl (C=O) groups is 2. The van der Waals surface area contributed by atoms with E-state index in [0.717, 1.165) is 13.9 Å². The number of amides is 1. The first-order chi connectivity index (χ1) is 9.17. The normalized spacial score (nSPS) is 15.8. The molecule has 1 radical (unpaired) electrons. The van der Waals surface area contributed by atoms with Crippen molar-refractivity contribution in [1.82, 2.24) is 9.88 Å². The zero-order chi connectivity index (χ0) is 14.3. The fourth-order valence-electron chi connectivity index (χ4n) is 1.86. The second-order valence-electron chi connectivity index (χ2n) is 4.02. The zero-order valence-electron chi connectivity index (χ0n) is 11.6. The van der Waals surface area contributed by atoms with E-state index >= 15 is 0 Å². The molecule has 2 heterocycles. The van der Waals surface area contributed by atoms with Gasteiger partial charge in [0.25, 0.3) is 12.4 Å². The Kier molecular flexibility index (Phi) is 8.34. The van der Waals surface area contributed by atoms with E-state index in [4.69, 9.17) is 5.02 Å². The van der Waals surface area contributed by atoms with Crippen LogP contribution < -0.4 is 10.8 Å². The summed E-state index contributed by atoms with van der Waals surface area (Å²) in [7, 11) is 1.02. The number of nitrogens with one attached hydrogen (secondary N) is 1. The van der Waals surface area contributed by atoms with E-state index < -0.39 is 0 Å². The van der Waals surface area contributed by atoms with Crippen LogP contribution in [0, 0.1) is 0 Å². The Hall–Kier alpha value is -1.80. The van der Waals surface area contributed by atoms with Crippen LogP contribution in [0.25, 0.3) is 0 Å². The van der Waals surface area contributed by atoms with Crippen molar-refractivity contribution in [3.8, 4) is 0 Å². The summed E-state index contributed by atoms with van der Waals surface area (Å²) in [5.74, 6) is -0.0669. The highest BCUT2D eigenvalue weighted by molar-refractivity contribution is 6.45. The summed E-state index contributed by atoms with van der Waals surface area (Å²) >= 11 is 0. The van der Waals surface area contributed by atoms with Crippen LogP contribution in [0.3, 0.4) is 0 Å². The van der Waals surface area contributed by atoms with E-state index in [-0.39, 0.29) is 11.4 Å². The van der Waals surface area contributed by atoms with Crippen LogP contribution in [0.4, 0.5) is 0 Å². The molecule has 0 fully saturated rings.